The van der Waals surface area contributed by atoms with Crippen molar-refractivity contribution < 1.29 is 14.4 Å². The molecule has 0 bridgehead atoms. The molecule has 8 nitrogen and oxygen atoms in total. The lowest BCUT2D eigenvalue weighted by Crippen LogP contribution is -2.36. The summed E-state index contributed by atoms with van der Waals surface area (Å²) in [6, 6.07) is 5.79. The molecule has 5 rings (SSSR count). The van der Waals surface area contributed by atoms with Crippen LogP contribution in [-0.4, -0.2) is 61.7 Å². The third-order valence-electron chi connectivity index (χ3n) is 5.18. The van der Waals surface area contributed by atoms with E-state index in [1.807, 2.05) is 25.2 Å². The number of morpholine rings is 1. The fourth-order valence-corrected chi connectivity index (χ4v) is 4.67. The van der Waals surface area contributed by atoms with Crippen molar-refractivity contribution in [2.24, 2.45) is 5.10 Å². The monoisotopic (exact) mass is 409 g/mol. The summed E-state index contributed by atoms with van der Waals surface area (Å²) in [5, 5.41) is 18.2. The molecule has 29 heavy (non-hydrogen) atoms. The van der Waals surface area contributed by atoms with Gasteiger partial charge in [0.05, 0.1) is 36.4 Å². The Morgan fingerprint density at radius 3 is 3.03 bits per heavy atom. The van der Waals surface area contributed by atoms with Crippen LogP contribution in [0.15, 0.2) is 35.0 Å². The summed E-state index contributed by atoms with van der Waals surface area (Å²) in [6.07, 6.45) is 3.38. The van der Waals surface area contributed by atoms with Crippen LogP contribution in [0, 0.1) is 0 Å². The summed E-state index contributed by atoms with van der Waals surface area (Å²) in [5.41, 5.74) is 4.84. The van der Waals surface area contributed by atoms with Crippen molar-refractivity contribution in [2.75, 3.05) is 43.3 Å². The van der Waals surface area contributed by atoms with Crippen molar-refractivity contribution >= 4 is 51.9 Å². The van der Waals surface area contributed by atoms with Gasteiger partial charge in [-0.25, -0.2) is 15.0 Å². The lowest BCUT2D eigenvalue weighted by atomic mass is 9.79. The summed E-state index contributed by atoms with van der Waals surface area (Å²) < 4.78 is 11.7. The topological polar surface area (TPSA) is 83.3 Å². The number of ether oxygens (including phenoxy) is 1. The molecule has 0 saturated carbocycles. The molecular weight excluding hydrogens is 389 g/mol. The summed E-state index contributed by atoms with van der Waals surface area (Å²) in [7, 11) is 1.06. The second-order valence-electron chi connectivity index (χ2n) is 6.99. The van der Waals surface area contributed by atoms with E-state index in [1.54, 1.807) is 28.9 Å². The number of nitrogens with zero attached hydrogens (tertiary/aromatic N) is 5. The van der Waals surface area contributed by atoms with Crippen LogP contribution in [0.1, 0.15) is 11.1 Å². The van der Waals surface area contributed by atoms with E-state index < -0.39 is 7.12 Å². The highest BCUT2D eigenvalue weighted by Gasteiger charge is 2.26. The third-order valence-corrected chi connectivity index (χ3v) is 6.14. The van der Waals surface area contributed by atoms with Gasteiger partial charge in [0.1, 0.15) is 11.8 Å². The zero-order chi connectivity index (χ0) is 19.8. The van der Waals surface area contributed by atoms with E-state index >= 15 is 0 Å². The van der Waals surface area contributed by atoms with Crippen LogP contribution < -0.4 is 15.4 Å². The number of hydrogen-bond acceptors (Lipinski definition) is 9. The molecule has 0 atom stereocenters. The van der Waals surface area contributed by atoms with Crippen LogP contribution in [0.5, 0.6) is 0 Å². The Bertz CT molecular complexity index is 1070. The maximum atomic E-state index is 9.75. The van der Waals surface area contributed by atoms with Crippen molar-refractivity contribution in [3.8, 4) is 0 Å². The zero-order valence-electron chi connectivity index (χ0n) is 16.0. The fourth-order valence-electron chi connectivity index (χ4n) is 3.62. The molecule has 0 unspecified atom stereocenters. The first kappa shape index (κ1) is 18.5. The van der Waals surface area contributed by atoms with Gasteiger partial charge < -0.3 is 19.3 Å². The van der Waals surface area contributed by atoms with Gasteiger partial charge >= 0.3 is 7.12 Å². The van der Waals surface area contributed by atoms with Crippen LogP contribution in [-0.2, 0) is 16.0 Å². The van der Waals surface area contributed by atoms with Gasteiger partial charge in [-0.2, -0.15) is 5.10 Å². The normalized spacial score (nSPS) is 16.8. The maximum Gasteiger partial charge on any atom is 0.491 e. The Labute approximate surface area is 172 Å². The summed E-state index contributed by atoms with van der Waals surface area (Å²) in [4.78, 5) is 11.3. The Hall–Kier alpha value is -2.53. The predicted octanol–water partition coefficient (Wildman–Crippen LogP) is 1.22. The second kappa shape index (κ2) is 7.71. The molecule has 0 spiro atoms. The molecule has 0 amide bonds. The van der Waals surface area contributed by atoms with E-state index in [0.717, 1.165) is 64.6 Å². The average molecular weight is 409 g/mol. The van der Waals surface area contributed by atoms with Gasteiger partial charge in [-0.15, -0.1) is 11.3 Å². The first-order valence-electron chi connectivity index (χ1n) is 9.46. The minimum atomic E-state index is -0.826. The molecule has 148 valence electrons. The third kappa shape index (κ3) is 3.48. The molecule has 10 heteroatoms. The van der Waals surface area contributed by atoms with E-state index in [0.29, 0.717) is 6.61 Å². The van der Waals surface area contributed by atoms with E-state index in [9.17, 15) is 5.02 Å². The molecule has 0 aliphatic carbocycles. The molecule has 1 N–H and O–H groups in total. The standard InChI is InChI=1S/C19H20BN5O3S/c1-24(23-9-13-2-3-15-14(8-13)10-28-20(15)26)19-18-17(21-12-22-19)16(11-29-18)25-4-6-27-7-5-25/h2-3,8-9,11-12,26H,4-7,10H2,1H3/b23-9+. The Morgan fingerprint density at radius 1 is 1.31 bits per heavy atom. The van der Waals surface area contributed by atoms with Gasteiger partial charge in [-0.1, -0.05) is 12.1 Å². The Balaban J connectivity index is 1.40. The van der Waals surface area contributed by atoms with Crippen LogP contribution in [0.3, 0.4) is 0 Å². The zero-order valence-corrected chi connectivity index (χ0v) is 16.8. The molecule has 3 aromatic rings. The number of hydrogen-bond donors (Lipinski definition) is 1. The summed E-state index contributed by atoms with van der Waals surface area (Å²) in [6.45, 7) is 3.64. The van der Waals surface area contributed by atoms with Gasteiger partial charge in [0.15, 0.2) is 5.82 Å². The van der Waals surface area contributed by atoms with Gasteiger partial charge in [0.2, 0.25) is 0 Å². The largest absolute Gasteiger partial charge is 0.491 e. The van der Waals surface area contributed by atoms with Crippen LogP contribution in [0.2, 0.25) is 0 Å². The number of benzene rings is 1. The van der Waals surface area contributed by atoms with Crippen molar-refractivity contribution in [1.82, 2.24) is 9.97 Å². The van der Waals surface area contributed by atoms with Gasteiger partial charge in [-0.3, -0.25) is 0 Å². The molecule has 1 fully saturated rings. The highest BCUT2D eigenvalue weighted by Crippen LogP contribution is 2.36. The maximum absolute atomic E-state index is 9.75. The van der Waals surface area contributed by atoms with Crippen molar-refractivity contribution in [3.63, 3.8) is 0 Å². The number of hydrazone groups is 1. The first-order valence-corrected chi connectivity index (χ1v) is 10.3. The lowest BCUT2D eigenvalue weighted by Gasteiger charge is -2.27. The number of rotatable bonds is 4. The van der Waals surface area contributed by atoms with Crippen LogP contribution in [0.4, 0.5) is 11.5 Å². The van der Waals surface area contributed by atoms with Crippen molar-refractivity contribution in [2.45, 2.75) is 6.61 Å². The smallest absolute Gasteiger partial charge is 0.423 e. The Kier molecular flexibility index (Phi) is 4.92. The molecule has 2 aliphatic heterocycles. The number of fused-ring (bicyclic) bond motifs is 2. The lowest BCUT2D eigenvalue weighted by molar-refractivity contribution is 0.123. The van der Waals surface area contributed by atoms with Crippen LogP contribution >= 0.6 is 11.3 Å². The highest BCUT2D eigenvalue weighted by atomic mass is 32.1. The van der Waals surface area contributed by atoms with Gasteiger partial charge in [0.25, 0.3) is 0 Å². The van der Waals surface area contributed by atoms with Crippen molar-refractivity contribution in [1.29, 1.82) is 0 Å². The summed E-state index contributed by atoms with van der Waals surface area (Å²) in [5.74, 6) is 0.774. The molecule has 2 aromatic heterocycles. The minimum absolute atomic E-state index is 0.417. The quantitative estimate of drug-likeness (QED) is 0.394. The molecule has 2 aliphatic rings. The van der Waals surface area contributed by atoms with E-state index in [-0.39, 0.29) is 0 Å². The molecule has 0 radical (unpaired) electrons. The van der Waals surface area contributed by atoms with Crippen LogP contribution in [0.25, 0.3) is 10.2 Å². The first-order chi connectivity index (χ1) is 14.2. The fraction of sp³-hybridized carbons (Fsp3) is 0.316. The molecule has 1 saturated heterocycles. The van der Waals surface area contributed by atoms with E-state index in [2.05, 4.69) is 25.3 Å². The number of aromatic nitrogens is 2. The SMILES string of the molecule is CN(/N=C/c1ccc2c(c1)COB2O)c1ncnc2c(N3CCOCC3)csc12. The Morgan fingerprint density at radius 2 is 2.17 bits per heavy atom. The van der Waals surface area contributed by atoms with E-state index in [1.165, 1.54) is 0 Å². The predicted molar refractivity (Wildman–Crippen MR) is 115 cm³/mol. The molecule has 1 aromatic carbocycles. The number of anilines is 2. The average Bonchev–Trinajstić information content (AvgIpc) is 3.36. The van der Waals surface area contributed by atoms with Gasteiger partial charge in [0, 0.05) is 25.5 Å². The van der Waals surface area contributed by atoms with Crippen molar-refractivity contribution in [3.05, 3.63) is 41.0 Å². The van der Waals surface area contributed by atoms with Gasteiger partial charge in [-0.05, 0) is 22.7 Å². The highest BCUT2D eigenvalue weighted by molar-refractivity contribution is 7.18. The minimum Gasteiger partial charge on any atom is -0.423 e. The second-order valence-corrected chi connectivity index (χ2v) is 7.86. The molecule has 4 heterocycles. The summed E-state index contributed by atoms with van der Waals surface area (Å²) >= 11 is 1.63. The molecular formula is C19H20BN5O3S. The number of thiophene rings is 1. The van der Waals surface area contributed by atoms with E-state index in [4.69, 9.17) is 9.39 Å².